The van der Waals surface area contributed by atoms with Crippen LogP contribution in [0.15, 0.2) is 59.6 Å². The van der Waals surface area contributed by atoms with Gasteiger partial charge in [-0.05, 0) is 19.4 Å². The van der Waals surface area contributed by atoms with Crippen LogP contribution in [0.2, 0.25) is 0 Å². The second kappa shape index (κ2) is 6.13. The molecule has 1 aliphatic heterocycles. The van der Waals surface area contributed by atoms with Crippen LogP contribution in [0.3, 0.4) is 0 Å². The van der Waals surface area contributed by atoms with Crippen LogP contribution in [-0.2, 0) is 0 Å². The average Bonchev–Trinajstić information content (AvgIpc) is 2.64. The van der Waals surface area contributed by atoms with Crippen LogP contribution in [0.1, 0.15) is 37.8 Å². The minimum Gasteiger partial charge on any atom is -0.282 e. The lowest BCUT2D eigenvalue weighted by Gasteiger charge is -2.27. The third-order valence-corrected chi connectivity index (χ3v) is 4.42. The summed E-state index contributed by atoms with van der Waals surface area (Å²) in [5.74, 6) is 0. The van der Waals surface area contributed by atoms with Crippen molar-refractivity contribution in [2.24, 2.45) is 4.99 Å². The van der Waals surface area contributed by atoms with Crippen molar-refractivity contribution in [1.82, 2.24) is 0 Å². The van der Waals surface area contributed by atoms with E-state index < -0.39 is 0 Å². The third kappa shape index (κ3) is 2.89. The molecule has 0 spiro atoms. The zero-order valence-corrected chi connectivity index (χ0v) is 13.8. The van der Waals surface area contributed by atoms with Gasteiger partial charge in [0.05, 0.1) is 23.5 Å². The van der Waals surface area contributed by atoms with Gasteiger partial charge < -0.3 is 0 Å². The van der Waals surface area contributed by atoms with E-state index in [0.29, 0.717) is 0 Å². The summed E-state index contributed by atoms with van der Waals surface area (Å²) in [6.07, 6.45) is 2.10. The Hall–Kier alpha value is -1.80. The first kappa shape index (κ1) is 15.1. The highest BCUT2D eigenvalue weighted by atomic mass is 35.5. The monoisotopic (exact) mass is 312 g/mol. The van der Waals surface area contributed by atoms with Gasteiger partial charge in [0.2, 0.25) is 0 Å². The van der Waals surface area contributed by atoms with Crippen LogP contribution in [0, 0.1) is 0 Å². The molecule has 2 aromatic rings. The second-order valence-corrected chi connectivity index (χ2v) is 6.52. The summed E-state index contributed by atoms with van der Waals surface area (Å²) >= 11 is 6.58. The molecule has 22 heavy (non-hydrogen) atoms. The molecule has 1 heterocycles. The van der Waals surface area contributed by atoms with Gasteiger partial charge in [-0.2, -0.15) is 0 Å². The largest absolute Gasteiger partial charge is 0.282 e. The van der Waals surface area contributed by atoms with E-state index in [0.717, 1.165) is 41.9 Å². The summed E-state index contributed by atoms with van der Waals surface area (Å²) in [6, 6.07) is 18.6. The average molecular weight is 313 g/mol. The zero-order chi connectivity index (χ0) is 15.6. The Morgan fingerprint density at radius 2 is 1.77 bits per heavy atom. The first-order valence-electron chi connectivity index (χ1n) is 7.81. The molecule has 0 radical (unpaired) electrons. The van der Waals surface area contributed by atoms with Crippen molar-refractivity contribution in [3.8, 4) is 0 Å². The van der Waals surface area contributed by atoms with E-state index in [4.69, 9.17) is 16.8 Å². The van der Waals surface area contributed by atoms with Crippen LogP contribution >= 0.6 is 11.8 Å². The molecule has 0 bridgehead atoms. The Balaban J connectivity index is 2.20. The molecule has 3 heteroatoms. The van der Waals surface area contributed by atoms with Crippen molar-refractivity contribution >= 4 is 23.2 Å². The van der Waals surface area contributed by atoms with Crippen LogP contribution in [0.4, 0.5) is 5.69 Å². The fourth-order valence-corrected chi connectivity index (χ4v) is 3.53. The first-order chi connectivity index (χ1) is 10.6. The Labute approximate surface area is 137 Å². The maximum atomic E-state index is 6.58. The molecule has 3 rings (SSSR count). The SMILES string of the molecule is CCCC1(C)CN(Cl)c2ccccc2C(c2ccccc2)=N1. The van der Waals surface area contributed by atoms with Crippen LogP contribution < -0.4 is 4.42 Å². The van der Waals surface area contributed by atoms with Gasteiger partial charge in [-0.1, -0.05) is 61.9 Å². The summed E-state index contributed by atoms with van der Waals surface area (Å²) in [7, 11) is 0. The number of rotatable bonds is 3. The van der Waals surface area contributed by atoms with Gasteiger partial charge in [-0.3, -0.25) is 9.41 Å². The molecule has 1 atom stereocenters. The lowest BCUT2D eigenvalue weighted by molar-refractivity contribution is 0.446. The quantitative estimate of drug-likeness (QED) is 0.724. The Morgan fingerprint density at radius 3 is 2.50 bits per heavy atom. The highest BCUT2D eigenvalue weighted by Crippen LogP contribution is 2.34. The number of hydrogen-bond donors (Lipinski definition) is 0. The van der Waals surface area contributed by atoms with Crippen molar-refractivity contribution < 1.29 is 0 Å². The molecule has 0 saturated heterocycles. The number of anilines is 1. The Morgan fingerprint density at radius 1 is 1.09 bits per heavy atom. The Bertz CT molecular complexity index is 681. The molecule has 1 aliphatic rings. The van der Waals surface area contributed by atoms with E-state index in [9.17, 15) is 0 Å². The molecule has 0 aliphatic carbocycles. The summed E-state index contributed by atoms with van der Waals surface area (Å²) in [4.78, 5) is 5.15. The lowest BCUT2D eigenvalue weighted by atomic mass is 9.96. The number of aliphatic imine (C=N–C) groups is 1. The van der Waals surface area contributed by atoms with E-state index in [-0.39, 0.29) is 5.54 Å². The normalized spacial score (nSPS) is 21.0. The maximum absolute atomic E-state index is 6.58. The molecule has 2 nitrogen and oxygen atoms in total. The van der Waals surface area contributed by atoms with E-state index >= 15 is 0 Å². The van der Waals surface area contributed by atoms with E-state index in [2.05, 4.69) is 50.2 Å². The molecule has 1 unspecified atom stereocenters. The topological polar surface area (TPSA) is 15.6 Å². The fourth-order valence-electron chi connectivity index (χ4n) is 3.12. The van der Waals surface area contributed by atoms with Gasteiger partial charge in [-0.15, -0.1) is 0 Å². The number of halogens is 1. The molecule has 0 aromatic heterocycles. The first-order valence-corrected chi connectivity index (χ1v) is 8.15. The number of benzene rings is 2. The second-order valence-electron chi connectivity index (χ2n) is 6.11. The smallest absolute Gasteiger partial charge is 0.0776 e. The van der Waals surface area contributed by atoms with Crippen molar-refractivity contribution in [3.63, 3.8) is 0 Å². The predicted molar refractivity (Wildman–Crippen MR) is 95.0 cm³/mol. The minimum atomic E-state index is -0.180. The van der Waals surface area contributed by atoms with Crippen LogP contribution in [-0.4, -0.2) is 17.8 Å². The fraction of sp³-hybridized carbons (Fsp3) is 0.316. The molecule has 114 valence electrons. The molecule has 2 aromatic carbocycles. The van der Waals surface area contributed by atoms with E-state index in [1.165, 1.54) is 0 Å². The minimum absolute atomic E-state index is 0.180. The zero-order valence-electron chi connectivity index (χ0n) is 13.1. The number of fused-ring (bicyclic) bond motifs is 1. The van der Waals surface area contributed by atoms with Crippen molar-refractivity contribution in [3.05, 3.63) is 65.7 Å². The predicted octanol–water partition coefficient (Wildman–Crippen LogP) is 5.06. The summed E-state index contributed by atoms with van der Waals surface area (Å²) in [5.41, 5.74) is 4.13. The highest BCUT2D eigenvalue weighted by molar-refractivity contribution is 6.28. The lowest BCUT2D eigenvalue weighted by Crippen LogP contribution is -2.34. The Kier molecular flexibility index (Phi) is 4.21. The van der Waals surface area contributed by atoms with Gasteiger partial charge in [0.1, 0.15) is 0 Å². The maximum Gasteiger partial charge on any atom is 0.0776 e. The highest BCUT2D eigenvalue weighted by Gasteiger charge is 2.31. The van der Waals surface area contributed by atoms with Gasteiger partial charge >= 0.3 is 0 Å². The molecule has 0 saturated carbocycles. The number of hydrogen-bond acceptors (Lipinski definition) is 2. The number of para-hydroxylation sites is 1. The van der Waals surface area contributed by atoms with Crippen LogP contribution in [0.5, 0.6) is 0 Å². The van der Waals surface area contributed by atoms with Crippen molar-refractivity contribution in [2.45, 2.75) is 32.2 Å². The van der Waals surface area contributed by atoms with Gasteiger partial charge in [0.15, 0.2) is 0 Å². The summed E-state index contributed by atoms with van der Waals surface area (Å²) in [5, 5.41) is 0. The van der Waals surface area contributed by atoms with Gasteiger partial charge in [0.25, 0.3) is 0 Å². The standard InChI is InChI=1S/C19H21ClN2/c1-3-13-19(2)14-22(20)17-12-8-7-11-16(17)18(21-19)15-9-5-4-6-10-15/h4-12H,3,13-14H2,1-2H3. The molecular weight excluding hydrogens is 292 g/mol. The van der Waals surface area contributed by atoms with E-state index in [1.807, 2.05) is 22.6 Å². The number of nitrogens with zero attached hydrogens (tertiary/aromatic N) is 2. The third-order valence-electron chi connectivity index (χ3n) is 4.12. The molecule has 0 N–H and O–H groups in total. The van der Waals surface area contributed by atoms with Crippen molar-refractivity contribution in [1.29, 1.82) is 0 Å². The van der Waals surface area contributed by atoms with Crippen molar-refractivity contribution in [2.75, 3.05) is 11.0 Å². The summed E-state index contributed by atoms with van der Waals surface area (Å²) < 4.78 is 1.82. The van der Waals surface area contributed by atoms with Gasteiger partial charge in [-0.25, -0.2) is 0 Å². The molecular formula is C19H21ClN2. The number of benzodiazepines with no additional fused rings is 1. The van der Waals surface area contributed by atoms with Crippen LogP contribution in [0.25, 0.3) is 0 Å². The van der Waals surface area contributed by atoms with Gasteiger partial charge in [0, 0.05) is 22.9 Å². The molecule has 0 amide bonds. The summed E-state index contributed by atoms with van der Waals surface area (Å²) in [6.45, 7) is 5.11. The molecule has 0 fully saturated rings. The van der Waals surface area contributed by atoms with E-state index in [1.54, 1.807) is 0 Å².